The van der Waals surface area contributed by atoms with E-state index in [0.29, 0.717) is 18.6 Å². The number of ketones is 1. The maximum atomic E-state index is 12.2. The van der Waals surface area contributed by atoms with Gasteiger partial charge in [0.25, 0.3) is 0 Å². The molecule has 0 saturated heterocycles. The van der Waals surface area contributed by atoms with E-state index in [-0.39, 0.29) is 17.8 Å². The van der Waals surface area contributed by atoms with E-state index in [9.17, 15) is 9.59 Å². The molecule has 0 aromatic carbocycles. The van der Waals surface area contributed by atoms with Crippen molar-refractivity contribution in [1.29, 1.82) is 0 Å². The Morgan fingerprint density at radius 3 is 2.67 bits per heavy atom. The van der Waals surface area contributed by atoms with Crippen molar-refractivity contribution in [1.82, 2.24) is 0 Å². The molecule has 0 N–H and O–H groups in total. The first-order valence-electron chi connectivity index (χ1n) is 6.66. The van der Waals surface area contributed by atoms with Crippen LogP contribution < -0.4 is 0 Å². The standard InChI is InChI=1S/C15H22O3/c1-14(2,3)18-13(17)11-8-10-6-5-7-15(4,9-11)12(10)16/h5,7,10-11H,6,8-9H2,1-4H3/t10-,11+,15+/m0/s1. The van der Waals surface area contributed by atoms with Crippen molar-refractivity contribution >= 4 is 11.8 Å². The third kappa shape index (κ3) is 2.50. The molecule has 3 atom stereocenters. The maximum Gasteiger partial charge on any atom is 0.309 e. The van der Waals surface area contributed by atoms with Crippen LogP contribution in [0.4, 0.5) is 0 Å². The van der Waals surface area contributed by atoms with Gasteiger partial charge in [0.2, 0.25) is 0 Å². The van der Waals surface area contributed by atoms with E-state index in [1.54, 1.807) is 0 Å². The van der Waals surface area contributed by atoms with Crippen molar-refractivity contribution in [2.75, 3.05) is 0 Å². The smallest absolute Gasteiger partial charge is 0.309 e. The molecule has 3 heteroatoms. The fourth-order valence-corrected chi connectivity index (χ4v) is 3.02. The van der Waals surface area contributed by atoms with Gasteiger partial charge < -0.3 is 4.74 Å². The number of carbonyl (C=O) groups is 2. The van der Waals surface area contributed by atoms with Gasteiger partial charge in [0.15, 0.2) is 0 Å². The zero-order valence-corrected chi connectivity index (χ0v) is 11.7. The molecule has 100 valence electrons. The first-order chi connectivity index (χ1) is 8.21. The van der Waals surface area contributed by atoms with Crippen LogP contribution >= 0.6 is 0 Å². The number of fused-ring (bicyclic) bond motifs is 2. The van der Waals surface area contributed by atoms with Gasteiger partial charge in [-0.2, -0.15) is 0 Å². The first-order valence-corrected chi connectivity index (χ1v) is 6.66. The maximum absolute atomic E-state index is 12.2. The van der Waals surface area contributed by atoms with E-state index in [1.807, 2.05) is 33.8 Å². The molecule has 0 unspecified atom stereocenters. The summed E-state index contributed by atoms with van der Waals surface area (Å²) in [4.78, 5) is 24.3. The summed E-state index contributed by atoms with van der Waals surface area (Å²) in [6, 6.07) is 0. The molecular weight excluding hydrogens is 228 g/mol. The molecule has 1 fully saturated rings. The Morgan fingerprint density at radius 1 is 1.44 bits per heavy atom. The fraction of sp³-hybridized carbons (Fsp3) is 0.733. The molecule has 3 nitrogen and oxygen atoms in total. The lowest BCUT2D eigenvalue weighted by Gasteiger charge is -2.41. The van der Waals surface area contributed by atoms with Gasteiger partial charge in [-0.1, -0.05) is 12.2 Å². The summed E-state index contributed by atoms with van der Waals surface area (Å²) in [7, 11) is 0. The average Bonchev–Trinajstić information content (AvgIpc) is 2.18. The minimum Gasteiger partial charge on any atom is -0.460 e. The summed E-state index contributed by atoms with van der Waals surface area (Å²) in [6.45, 7) is 7.57. The number of hydrogen-bond donors (Lipinski definition) is 0. The van der Waals surface area contributed by atoms with Crippen molar-refractivity contribution in [2.24, 2.45) is 17.3 Å². The van der Waals surface area contributed by atoms with Crippen molar-refractivity contribution in [2.45, 2.75) is 52.6 Å². The molecule has 2 rings (SSSR count). The van der Waals surface area contributed by atoms with Gasteiger partial charge in [-0.3, -0.25) is 9.59 Å². The lowest BCUT2D eigenvalue weighted by atomic mass is 9.62. The van der Waals surface area contributed by atoms with Crippen molar-refractivity contribution in [3.05, 3.63) is 12.2 Å². The Balaban J connectivity index is 2.13. The Kier molecular flexibility index (Phi) is 3.12. The van der Waals surface area contributed by atoms with Crippen LogP contribution in [-0.2, 0) is 14.3 Å². The predicted molar refractivity (Wildman–Crippen MR) is 68.9 cm³/mol. The second-order valence-electron chi connectivity index (χ2n) is 6.79. The second kappa shape index (κ2) is 4.22. The number of ether oxygens (including phenoxy) is 1. The highest BCUT2D eigenvalue weighted by Gasteiger charge is 2.47. The highest BCUT2D eigenvalue weighted by atomic mass is 16.6. The van der Waals surface area contributed by atoms with Gasteiger partial charge in [0.05, 0.1) is 5.92 Å². The highest BCUT2D eigenvalue weighted by molar-refractivity contribution is 5.92. The average molecular weight is 250 g/mol. The van der Waals surface area contributed by atoms with E-state index in [0.717, 1.165) is 6.42 Å². The van der Waals surface area contributed by atoms with Crippen molar-refractivity contribution < 1.29 is 14.3 Å². The quantitative estimate of drug-likeness (QED) is 0.531. The molecule has 0 aromatic rings. The van der Waals surface area contributed by atoms with Crippen molar-refractivity contribution in [3.8, 4) is 0 Å². The van der Waals surface area contributed by atoms with Gasteiger partial charge in [0, 0.05) is 11.3 Å². The zero-order chi connectivity index (χ0) is 13.6. The Bertz CT molecular complexity index is 402. The van der Waals surface area contributed by atoms with Crippen LogP contribution in [0.1, 0.15) is 47.0 Å². The van der Waals surface area contributed by atoms with E-state index >= 15 is 0 Å². The summed E-state index contributed by atoms with van der Waals surface area (Å²) in [5.74, 6) is 0.0134. The van der Waals surface area contributed by atoms with Crippen LogP contribution in [0.3, 0.4) is 0 Å². The largest absolute Gasteiger partial charge is 0.460 e. The van der Waals surface area contributed by atoms with Crippen LogP contribution in [0.2, 0.25) is 0 Å². The summed E-state index contributed by atoms with van der Waals surface area (Å²) in [5, 5.41) is 0. The molecule has 0 heterocycles. The Labute approximate surface area is 109 Å². The summed E-state index contributed by atoms with van der Waals surface area (Å²) in [6.07, 6.45) is 6.06. The van der Waals surface area contributed by atoms with Gasteiger partial charge in [-0.15, -0.1) is 0 Å². The predicted octanol–water partition coefficient (Wildman–Crippen LogP) is 2.89. The number of rotatable bonds is 1. The third-order valence-electron chi connectivity index (χ3n) is 3.82. The molecular formula is C15H22O3. The van der Waals surface area contributed by atoms with E-state index < -0.39 is 11.0 Å². The normalized spacial score (nSPS) is 35.4. The molecule has 0 aromatic heterocycles. The minimum atomic E-state index is -0.456. The molecule has 2 bridgehead atoms. The van der Waals surface area contributed by atoms with Crippen LogP contribution in [0.25, 0.3) is 0 Å². The molecule has 0 radical (unpaired) electrons. The Morgan fingerprint density at radius 2 is 2.11 bits per heavy atom. The second-order valence-corrected chi connectivity index (χ2v) is 6.79. The zero-order valence-electron chi connectivity index (χ0n) is 11.7. The Hall–Kier alpha value is -1.12. The minimum absolute atomic E-state index is 0.00580. The first kappa shape index (κ1) is 13.3. The summed E-state index contributed by atoms with van der Waals surface area (Å²) < 4.78 is 5.45. The van der Waals surface area contributed by atoms with Crippen LogP contribution in [0, 0.1) is 17.3 Å². The van der Waals surface area contributed by atoms with Gasteiger partial charge in [-0.25, -0.2) is 0 Å². The van der Waals surface area contributed by atoms with Crippen LogP contribution in [0.5, 0.6) is 0 Å². The third-order valence-corrected chi connectivity index (χ3v) is 3.82. The topological polar surface area (TPSA) is 43.4 Å². The molecule has 0 amide bonds. The summed E-state index contributed by atoms with van der Waals surface area (Å²) in [5.41, 5.74) is -0.910. The number of carbonyl (C=O) groups excluding carboxylic acids is 2. The monoisotopic (exact) mass is 250 g/mol. The molecule has 18 heavy (non-hydrogen) atoms. The lowest BCUT2D eigenvalue weighted by Crippen LogP contribution is -2.45. The van der Waals surface area contributed by atoms with Crippen LogP contribution in [-0.4, -0.2) is 17.4 Å². The fourth-order valence-electron chi connectivity index (χ4n) is 3.02. The molecule has 1 saturated carbocycles. The van der Waals surface area contributed by atoms with E-state index in [1.165, 1.54) is 0 Å². The summed E-state index contributed by atoms with van der Waals surface area (Å²) >= 11 is 0. The number of hydrogen-bond acceptors (Lipinski definition) is 3. The van der Waals surface area contributed by atoms with E-state index in [2.05, 4.69) is 6.08 Å². The highest BCUT2D eigenvalue weighted by Crippen LogP contribution is 2.45. The number of esters is 1. The van der Waals surface area contributed by atoms with Gasteiger partial charge in [-0.05, 0) is 47.0 Å². The van der Waals surface area contributed by atoms with E-state index in [4.69, 9.17) is 4.74 Å². The molecule has 2 aliphatic rings. The van der Waals surface area contributed by atoms with Crippen molar-refractivity contribution in [3.63, 3.8) is 0 Å². The van der Waals surface area contributed by atoms with Gasteiger partial charge >= 0.3 is 5.97 Å². The molecule has 0 aliphatic heterocycles. The lowest BCUT2D eigenvalue weighted by molar-refractivity contribution is -0.164. The molecule has 0 spiro atoms. The number of Topliss-reactive ketones (excluding diaryl/α,β-unsaturated/α-hetero) is 1. The van der Waals surface area contributed by atoms with Crippen LogP contribution in [0.15, 0.2) is 12.2 Å². The molecule has 2 aliphatic carbocycles. The SMILES string of the molecule is CC(C)(C)OC(=O)[C@@H]1C[C@@H]2CC=C[C@](C)(C1)C2=O. The number of allylic oxidation sites excluding steroid dienone is 2. The van der Waals surface area contributed by atoms with Gasteiger partial charge in [0.1, 0.15) is 11.4 Å².